The first kappa shape index (κ1) is 16.8. The lowest BCUT2D eigenvalue weighted by molar-refractivity contribution is 0.590. The normalized spacial score (nSPS) is 12.0. The fourth-order valence-electron chi connectivity index (χ4n) is 2.75. The van der Waals surface area contributed by atoms with Crippen molar-refractivity contribution in [2.24, 2.45) is 0 Å². The highest BCUT2D eigenvalue weighted by Crippen LogP contribution is 2.24. The average Bonchev–Trinajstić information content (AvgIpc) is 3.14. The maximum Gasteiger partial charge on any atom is 0.0998 e. The van der Waals surface area contributed by atoms with Gasteiger partial charge in [0, 0.05) is 18.1 Å². The minimum Gasteiger partial charge on any atom is -0.324 e. The van der Waals surface area contributed by atoms with Crippen LogP contribution in [0, 0.1) is 11.3 Å². The summed E-state index contributed by atoms with van der Waals surface area (Å²) in [7, 11) is 0. The van der Waals surface area contributed by atoms with Crippen LogP contribution in [0.15, 0.2) is 73.1 Å². The molecule has 3 aromatic rings. The predicted molar refractivity (Wildman–Crippen MR) is 104 cm³/mol. The number of hydrogen-bond acceptors (Lipinski definition) is 1. The van der Waals surface area contributed by atoms with Crippen LogP contribution in [0.1, 0.15) is 37.5 Å². The quantitative estimate of drug-likeness (QED) is 0.439. The van der Waals surface area contributed by atoms with Gasteiger partial charge >= 0.3 is 0 Å². The van der Waals surface area contributed by atoms with E-state index in [2.05, 4.69) is 51.1 Å². The SMILES string of the molecule is CC(C)(C)c1ccc(C=C(C#N)c2ccc(-n3cccc3)cc2)cc1. The summed E-state index contributed by atoms with van der Waals surface area (Å²) >= 11 is 0. The van der Waals surface area contributed by atoms with E-state index in [0.717, 1.165) is 16.8 Å². The van der Waals surface area contributed by atoms with Crippen LogP contribution in [0.3, 0.4) is 0 Å². The number of aromatic nitrogens is 1. The molecular weight excluding hydrogens is 304 g/mol. The average molecular weight is 326 g/mol. The van der Waals surface area contributed by atoms with Gasteiger partial charge in [-0.05, 0) is 52.4 Å². The molecule has 0 unspecified atom stereocenters. The first-order valence-electron chi connectivity index (χ1n) is 8.43. The summed E-state index contributed by atoms with van der Waals surface area (Å²) in [6.07, 6.45) is 5.96. The van der Waals surface area contributed by atoms with Crippen LogP contribution in [0.4, 0.5) is 0 Å². The summed E-state index contributed by atoms with van der Waals surface area (Å²) in [6.45, 7) is 6.60. The Bertz CT molecular complexity index is 898. The number of nitrogens with zero attached hydrogens (tertiary/aromatic N) is 2. The second-order valence-corrected chi connectivity index (χ2v) is 7.18. The Labute approximate surface area is 149 Å². The van der Waals surface area contributed by atoms with Gasteiger partial charge in [-0.15, -0.1) is 0 Å². The van der Waals surface area contributed by atoms with E-state index < -0.39 is 0 Å². The minimum absolute atomic E-state index is 0.134. The van der Waals surface area contributed by atoms with Crippen molar-refractivity contribution in [1.82, 2.24) is 4.57 Å². The molecule has 0 atom stereocenters. The van der Waals surface area contributed by atoms with E-state index in [4.69, 9.17) is 0 Å². The van der Waals surface area contributed by atoms with Crippen molar-refractivity contribution >= 4 is 11.6 Å². The Kier molecular flexibility index (Phi) is 4.59. The van der Waals surface area contributed by atoms with Crippen molar-refractivity contribution in [2.75, 3.05) is 0 Å². The zero-order valence-electron chi connectivity index (χ0n) is 14.9. The van der Waals surface area contributed by atoms with Crippen LogP contribution in [0.2, 0.25) is 0 Å². The smallest absolute Gasteiger partial charge is 0.0998 e. The van der Waals surface area contributed by atoms with Gasteiger partial charge in [-0.1, -0.05) is 57.2 Å². The highest BCUT2D eigenvalue weighted by atomic mass is 14.9. The zero-order chi connectivity index (χ0) is 17.9. The van der Waals surface area contributed by atoms with E-state index in [1.807, 2.05) is 59.4 Å². The Morgan fingerprint density at radius 3 is 2.04 bits per heavy atom. The number of allylic oxidation sites excluding steroid dienone is 1. The van der Waals surface area contributed by atoms with Gasteiger partial charge in [0.1, 0.15) is 0 Å². The molecule has 124 valence electrons. The van der Waals surface area contributed by atoms with Crippen molar-refractivity contribution in [2.45, 2.75) is 26.2 Å². The van der Waals surface area contributed by atoms with Crippen molar-refractivity contribution in [3.8, 4) is 11.8 Å². The molecule has 0 aliphatic heterocycles. The molecule has 0 radical (unpaired) electrons. The van der Waals surface area contributed by atoms with Gasteiger partial charge in [0.05, 0.1) is 11.6 Å². The topological polar surface area (TPSA) is 28.7 Å². The summed E-state index contributed by atoms with van der Waals surface area (Å²) in [6, 6.07) is 22.8. The van der Waals surface area contributed by atoms with Crippen LogP contribution in [0.5, 0.6) is 0 Å². The largest absolute Gasteiger partial charge is 0.324 e. The second-order valence-electron chi connectivity index (χ2n) is 7.18. The van der Waals surface area contributed by atoms with E-state index in [1.54, 1.807) is 0 Å². The third kappa shape index (κ3) is 3.89. The second kappa shape index (κ2) is 6.83. The van der Waals surface area contributed by atoms with E-state index in [-0.39, 0.29) is 5.41 Å². The first-order valence-corrected chi connectivity index (χ1v) is 8.43. The Morgan fingerprint density at radius 1 is 0.920 bits per heavy atom. The Balaban J connectivity index is 1.87. The Morgan fingerprint density at radius 2 is 1.52 bits per heavy atom. The van der Waals surface area contributed by atoms with Crippen molar-refractivity contribution < 1.29 is 0 Å². The number of hydrogen-bond donors (Lipinski definition) is 0. The van der Waals surface area contributed by atoms with Crippen molar-refractivity contribution in [3.05, 3.63) is 89.7 Å². The molecule has 0 amide bonds. The van der Waals surface area contributed by atoms with Gasteiger partial charge in [-0.2, -0.15) is 5.26 Å². The first-order chi connectivity index (χ1) is 12.0. The molecule has 0 fully saturated rings. The molecule has 1 heterocycles. The zero-order valence-corrected chi connectivity index (χ0v) is 14.9. The molecule has 0 saturated heterocycles. The van der Waals surface area contributed by atoms with E-state index in [1.165, 1.54) is 5.56 Å². The van der Waals surface area contributed by atoms with Gasteiger partial charge < -0.3 is 4.57 Å². The number of rotatable bonds is 3. The fraction of sp³-hybridized carbons (Fsp3) is 0.174. The van der Waals surface area contributed by atoms with E-state index in [0.29, 0.717) is 5.57 Å². The Hall–Kier alpha value is -3.05. The van der Waals surface area contributed by atoms with E-state index in [9.17, 15) is 5.26 Å². The summed E-state index contributed by atoms with van der Waals surface area (Å²) < 4.78 is 2.05. The molecule has 25 heavy (non-hydrogen) atoms. The van der Waals surface area contributed by atoms with Crippen LogP contribution in [-0.4, -0.2) is 4.57 Å². The lowest BCUT2D eigenvalue weighted by atomic mass is 9.86. The molecule has 0 bridgehead atoms. The third-order valence-electron chi connectivity index (χ3n) is 4.29. The fourth-order valence-corrected chi connectivity index (χ4v) is 2.75. The molecule has 0 saturated carbocycles. The van der Waals surface area contributed by atoms with Crippen LogP contribution < -0.4 is 0 Å². The summed E-state index contributed by atoms with van der Waals surface area (Å²) in [5, 5.41) is 9.55. The van der Waals surface area contributed by atoms with Gasteiger partial charge in [-0.3, -0.25) is 0 Å². The molecule has 0 aliphatic rings. The lowest BCUT2D eigenvalue weighted by Gasteiger charge is -2.18. The molecule has 0 N–H and O–H groups in total. The molecule has 0 spiro atoms. The van der Waals surface area contributed by atoms with Crippen molar-refractivity contribution in [1.29, 1.82) is 5.26 Å². The standard InChI is InChI=1S/C23H22N2/c1-23(2,3)21-10-6-18(7-11-21)16-20(17-24)19-8-12-22(13-9-19)25-14-4-5-15-25/h4-16H,1-3H3. The van der Waals surface area contributed by atoms with Crippen LogP contribution in [0.25, 0.3) is 17.3 Å². The molecule has 2 heteroatoms. The summed E-state index contributed by atoms with van der Waals surface area (Å²) in [4.78, 5) is 0. The van der Waals surface area contributed by atoms with Gasteiger partial charge in [0.25, 0.3) is 0 Å². The molecule has 3 rings (SSSR count). The monoisotopic (exact) mass is 326 g/mol. The van der Waals surface area contributed by atoms with Crippen LogP contribution in [-0.2, 0) is 5.41 Å². The highest BCUT2D eigenvalue weighted by molar-refractivity contribution is 5.89. The van der Waals surface area contributed by atoms with Gasteiger partial charge in [0.15, 0.2) is 0 Å². The number of nitriles is 1. The number of benzene rings is 2. The summed E-state index contributed by atoms with van der Waals surface area (Å²) in [5.74, 6) is 0. The molecule has 0 aliphatic carbocycles. The summed E-state index contributed by atoms with van der Waals surface area (Å²) in [5.41, 5.74) is 5.15. The maximum atomic E-state index is 9.55. The molecule has 1 aromatic heterocycles. The molecular formula is C23H22N2. The highest BCUT2D eigenvalue weighted by Gasteiger charge is 2.12. The third-order valence-corrected chi connectivity index (χ3v) is 4.29. The van der Waals surface area contributed by atoms with E-state index >= 15 is 0 Å². The molecule has 2 aromatic carbocycles. The molecule has 2 nitrogen and oxygen atoms in total. The van der Waals surface area contributed by atoms with Gasteiger partial charge in [0.2, 0.25) is 0 Å². The predicted octanol–water partition coefficient (Wildman–Crippen LogP) is 5.84. The minimum atomic E-state index is 0.134. The van der Waals surface area contributed by atoms with Gasteiger partial charge in [-0.25, -0.2) is 0 Å². The van der Waals surface area contributed by atoms with Crippen LogP contribution >= 0.6 is 0 Å². The van der Waals surface area contributed by atoms with Crippen molar-refractivity contribution in [3.63, 3.8) is 0 Å². The maximum absolute atomic E-state index is 9.55. The lowest BCUT2D eigenvalue weighted by Crippen LogP contribution is -2.10.